The first-order valence-electron chi connectivity index (χ1n) is 13.7. The van der Waals surface area contributed by atoms with E-state index < -0.39 is 21.8 Å². The molecule has 2 aliphatic heterocycles. The maximum absolute atomic E-state index is 14.1. The lowest BCUT2D eigenvalue weighted by Crippen LogP contribution is -2.54. The number of rotatable bonds is 8. The maximum Gasteiger partial charge on any atom is 0.249 e. The first-order valence-corrected chi connectivity index (χ1v) is 15.6. The molecule has 0 radical (unpaired) electrons. The molecule has 0 bridgehead atoms. The molecule has 214 valence electrons. The lowest BCUT2D eigenvalue weighted by molar-refractivity contribution is -0.140. The van der Waals surface area contributed by atoms with Crippen LogP contribution in [-0.2, 0) is 32.4 Å². The molecular weight excluding hydrogens is 550 g/mol. The number of nitrogens with zero attached hydrogens (tertiary/aromatic N) is 2. The standard InChI is InChI=1S/C33H31N3O5S/c1-41-30-13-6-4-9-23(30)20-26-16-19-29-31(36(26)34-25-14-17-27(18-15-25)42(2,39)40)33(38)35(32(29)37)21-24-11-7-10-22-8-3-5-12-28(22)24/h3-19,26,29,31,34H,20-21H2,1-2H3. The molecule has 2 aliphatic rings. The summed E-state index contributed by atoms with van der Waals surface area (Å²) in [7, 11) is -1.75. The van der Waals surface area contributed by atoms with E-state index in [9.17, 15) is 18.0 Å². The van der Waals surface area contributed by atoms with Crippen LogP contribution in [0.4, 0.5) is 5.69 Å². The zero-order valence-corrected chi connectivity index (χ0v) is 24.1. The number of benzene rings is 4. The smallest absolute Gasteiger partial charge is 0.249 e. The number of fused-ring (bicyclic) bond motifs is 2. The Hall–Kier alpha value is -4.47. The van der Waals surface area contributed by atoms with E-state index in [0.29, 0.717) is 12.1 Å². The third-order valence-electron chi connectivity index (χ3n) is 7.98. The van der Waals surface area contributed by atoms with Crippen LogP contribution in [0.3, 0.4) is 0 Å². The van der Waals surface area contributed by atoms with Gasteiger partial charge in [0.2, 0.25) is 11.8 Å². The number of hydrogen-bond donors (Lipinski definition) is 1. The lowest BCUT2D eigenvalue weighted by Gasteiger charge is -2.39. The van der Waals surface area contributed by atoms with Crippen molar-refractivity contribution in [3.8, 4) is 5.75 Å². The van der Waals surface area contributed by atoms with Crippen molar-refractivity contribution in [3.63, 3.8) is 0 Å². The molecule has 4 aromatic rings. The molecule has 0 saturated carbocycles. The fourth-order valence-electron chi connectivity index (χ4n) is 5.86. The molecule has 1 fully saturated rings. The number of carbonyl (C=O) groups excluding carboxylic acids is 2. The van der Waals surface area contributed by atoms with Crippen molar-refractivity contribution >= 4 is 38.1 Å². The van der Waals surface area contributed by atoms with Crippen molar-refractivity contribution in [2.45, 2.75) is 29.9 Å². The number of ether oxygens (including phenoxy) is 1. The molecule has 4 aromatic carbocycles. The fourth-order valence-corrected chi connectivity index (χ4v) is 6.49. The third kappa shape index (κ3) is 5.17. The van der Waals surface area contributed by atoms with Crippen LogP contribution in [0.15, 0.2) is 108 Å². The van der Waals surface area contributed by atoms with Gasteiger partial charge >= 0.3 is 0 Å². The molecule has 6 rings (SSSR count). The SMILES string of the molecule is COc1ccccc1CC1C=CC2C(=O)N(Cc3cccc4ccccc34)C(=O)C2N1Nc1ccc(S(C)(=O)=O)cc1. The predicted molar refractivity (Wildman–Crippen MR) is 161 cm³/mol. The number of para-hydroxylation sites is 1. The van der Waals surface area contributed by atoms with Crippen molar-refractivity contribution < 1.29 is 22.7 Å². The molecule has 1 N–H and O–H groups in total. The summed E-state index contributed by atoms with van der Waals surface area (Å²) in [4.78, 5) is 29.4. The Morgan fingerprint density at radius 2 is 1.50 bits per heavy atom. The Kier molecular flexibility index (Phi) is 7.30. The van der Waals surface area contributed by atoms with E-state index in [1.807, 2.05) is 83.9 Å². The number of hydrogen-bond acceptors (Lipinski definition) is 7. The molecule has 42 heavy (non-hydrogen) atoms. The summed E-state index contributed by atoms with van der Waals surface area (Å²) in [5.74, 6) is -0.460. The maximum atomic E-state index is 14.1. The van der Waals surface area contributed by atoms with Crippen LogP contribution < -0.4 is 10.2 Å². The summed E-state index contributed by atoms with van der Waals surface area (Å²) in [6.07, 6.45) is 5.48. The predicted octanol–water partition coefficient (Wildman–Crippen LogP) is 4.62. The molecule has 8 nitrogen and oxygen atoms in total. The third-order valence-corrected chi connectivity index (χ3v) is 9.11. The minimum atomic E-state index is -3.37. The quantitative estimate of drug-likeness (QED) is 0.240. The van der Waals surface area contributed by atoms with Gasteiger partial charge in [-0.1, -0.05) is 72.8 Å². The highest BCUT2D eigenvalue weighted by Crippen LogP contribution is 2.35. The molecule has 2 heterocycles. The molecule has 0 aromatic heterocycles. The molecule has 3 unspecified atom stereocenters. The van der Waals surface area contributed by atoms with Crippen LogP contribution in [0.2, 0.25) is 0 Å². The average molecular weight is 582 g/mol. The van der Waals surface area contributed by atoms with Crippen LogP contribution in [-0.4, -0.2) is 55.6 Å². The Morgan fingerprint density at radius 3 is 2.26 bits per heavy atom. The van der Waals surface area contributed by atoms with Gasteiger partial charge < -0.3 is 10.2 Å². The molecule has 0 spiro atoms. The summed E-state index contributed by atoms with van der Waals surface area (Å²) in [6.45, 7) is 0.175. The van der Waals surface area contributed by atoms with Crippen molar-refractivity contribution in [1.82, 2.24) is 9.91 Å². The highest BCUT2D eigenvalue weighted by Gasteiger charge is 2.52. The van der Waals surface area contributed by atoms with E-state index in [0.717, 1.165) is 33.9 Å². The first-order chi connectivity index (χ1) is 20.2. The minimum absolute atomic E-state index is 0.175. The minimum Gasteiger partial charge on any atom is -0.496 e. The van der Waals surface area contributed by atoms with Gasteiger partial charge in [-0.2, -0.15) is 0 Å². The van der Waals surface area contributed by atoms with Crippen molar-refractivity contribution in [1.29, 1.82) is 0 Å². The number of sulfone groups is 1. The Morgan fingerprint density at radius 1 is 0.810 bits per heavy atom. The van der Waals surface area contributed by atoms with Crippen molar-refractivity contribution in [2.24, 2.45) is 5.92 Å². The summed E-state index contributed by atoms with van der Waals surface area (Å²) in [5, 5.41) is 3.88. The van der Waals surface area contributed by atoms with Gasteiger partial charge in [0.05, 0.1) is 30.5 Å². The monoisotopic (exact) mass is 581 g/mol. The first kappa shape index (κ1) is 27.7. The van der Waals surface area contributed by atoms with Crippen LogP contribution >= 0.6 is 0 Å². The Labute approximate surface area is 245 Å². The van der Waals surface area contributed by atoms with E-state index >= 15 is 0 Å². The van der Waals surface area contributed by atoms with E-state index in [1.54, 1.807) is 19.2 Å². The normalized spacial score (nSPS) is 20.6. The van der Waals surface area contributed by atoms with Gasteiger partial charge in [0.15, 0.2) is 9.84 Å². The number of hydrazine groups is 1. The number of carbonyl (C=O) groups is 2. The van der Waals surface area contributed by atoms with Gasteiger partial charge in [-0.15, -0.1) is 0 Å². The van der Waals surface area contributed by atoms with E-state index in [-0.39, 0.29) is 29.3 Å². The molecular formula is C33H31N3O5S. The molecule has 3 atom stereocenters. The summed E-state index contributed by atoms with van der Waals surface area (Å²) < 4.78 is 29.6. The topological polar surface area (TPSA) is 96.0 Å². The van der Waals surface area contributed by atoms with E-state index in [1.165, 1.54) is 17.0 Å². The summed E-state index contributed by atoms with van der Waals surface area (Å²) >= 11 is 0. The fraction of sp³-hybridized carbons (Fsp3) is 0.212. The molecule has 1 saturated heterocycles. The largest absolute Gasteiger partial charge is 0.496 e. The zero-order valence-electron chi connectivity index (χ0n) is 23.3. The molecule has 9 heteroatoms. The van der Waals surface area contributed by atoms with Crippen LogP contribution in [0.25, 0.3) is 10.8 Å². The number of imide groups is 1. The number of likely N-dealkylation sites (tertiary alicyclic amines) is 1. The lowest BCUT2D eigenvalue weighted by atomic mass is 9.92. The molecule has 2 amide bonds. The highest BCUT2D eigenvalue weighted by atomic mass is 32.2. The Balaban J connectivity index is 1.35. The second-order valence-corrected chi connectivity index (χ2v) is 12.7. The van der Waals surface area contributed by atoms with Gasteiger partial charge in [-0.3, -0.25) is 14.5 Å². The molecule has 0 aliphatic carbocycles. The van der Waals surface area contributed by atoms with Gasteiger partial charge in [0.25, 0.3) is 0 Å². The van der Waals surface area contributed by atoms with Crippen LogP contribution in [0.1, 0.15) is 11.1 Å². The summed E-state index contributed by atoms with van der Waals surface area (Å²) in [5.41, 5.74) is 5.81. The van der Waals surface area contributed by atoms with Crippen LogP contribution in [0, 0.1) is 5.92 Å². The number of amides is 2. The van der Waals surface area contributed by atoms with E-state index in [2.05, 4.69) is 5.43 Å². The Bertz CT molecular complexity index is 1800. The van der Waals surface area contributed by atoms with Crippen molar-refractivity contribution in [3.05, 3.63) is 114 Å². The highest BCUT2D eigenvalue weighted by molar-refractivity contribution is 7.90. The average Bonchev–Trinajstić information content (AvgIpc) is 3.23. The van der Waals surface area contributed by atoms with E-state index in [4.69, 9.17) is 4.74 Å². The van der Waals surface area contributed by atoms with Gasteiger partial charge in [0.1, 0.15) is 11.8 Å². The van der Waals surface area contributed by atoms with Crippen molar-refractivity contribution in [2.75, 3.05) is 18.8 Å². The number of nitrogens with one attached hydrogen (secondary N) is 1. The van der Waals surface area contributed by atoms with Gasteiger partial charge in [0, 0.05) is 11.9 Å². The van der Waals surface area contributed by atoms with Crippen LogP contribution in [0.5, 0.6) is 5.75 Å². The second kappa shape index (κ2) is 11.1. The number of anilines is 1. The zero-order chi connectivity index (χ0) is 29.4. The van der Waals surface area contributed by atoms with Gasteiger partial charge in [-0.25, -0.2) is 13.4 Å². The van der Waals surface area contributed by atoms with Gasteiger partial charge in [-0.05, 0) is 58.7 Å². The summed E-state index contributed by atoms with van der Waals surface area (Å²) in [6, 6.07) is 26.8. The number of methoxy groups -OCH3 is 1. The second-order valence-electron chi connectivity index (χ2n) is 10.7.